The van der Waals surface area contributed by atoms with Crippen molar-refractivity contribution in [2.75, 3.05) is 5.32 Å². The first-order valence-electron chi connectivity index (χ1n) is 10.4. The van der Waals surface area contributed by atoms with Crippen LogP contribution in [-0.4, -0.2) is 22.3 Å². The van der Waals surface area contributed by atoms with Gasteiger partial charge in [-0.05, 0) is 47.9 Å². The van der Waals surface area contributed by atoms with Gasteiger partial charge in [0.1, 0.15) is 6.10 Å². The molecule has 4 N–H and O–H groups in total. The predicted octanol–water partition coefficient (Wildman–Crippen LogP) is 5.45. The fraction of sp³-hybridized carbons (Fsp3) is 0.200. The van der Waals surface area contributed by atoms with Crippen molar-refractivity contribution in [2.45, 2.75) is 25.9 Å². The lowest BCUT2D eigenvalue weighted by molar-refractivity contribution is -0.124. The van der Waals surface area contributed by atoms with E-state index < -0.39 is 29.7 Å². The topological polar surface area (TPSA) is 108 Å². The molecule has 0 unspecified atom stereocenters. The van der Waals surface area contributed by atoms with E-state index in [0.29, 0.717) is 24.1 Å². The summed E-state index contributed by atoms with van der Waals surface area (Å²) in [7, 11) is 0. The highest BCUT2D eigenvalue weighted by Gasteiger charge is 2.25. The molecule has 3 aromatic carbocycles. The Morgan fingerprint density at radius 2 is 1.88 bits per heavy atom. The number of carbonyl (C=O) groups excluding carboxylic acids is 2. The number of benzene rings is 3. The SMILES string of the molecule is C[C@@H](CC/C=C/C(=O)NO)[C@H](OC(=O)Nc1cccc2ccccc12)c1ccc(O)c(F)c1. The van der Waals surface area contributed by atoms with Crippen LogP contribution in [-0.2, 0) is 9.53 Å². The smallest absolute Gasteiger partial charge is 0.412 e. The van der Waals surface area contributed by atoms with Gasteiger partial charge < -0.3 is 9.84 Å². The minimum absolute atomic E-state index is 0.256. The lowest BCUT2D eigenvalue weighted by Gasteiger charge is -2.25. The standard InChI is InChI=1S/C25H25FN2O5/c1-16(7-2-5-12-23(30)28-32)24(18-13-14-22(29)20(26)15-18)33-25(31)27-21-11-6-9-17-8-3-4-10-19(17)21/h3-6,8-16,24,29,32H,2,7H2,1H3,(H,27,31)(H,28,30)/b12-5+/t16-,24-/m0/s1. The molecule has 7 nitrogen and oxygen atoms in total. The first-order valence-corrected chi connectivity index (χ1v) is 10.4. The summed E-state index contributed by atoms with van der Waals surface area (Å²) in [6.45, 7) is 1.83. The number of halogens is 1. The Morgan fingerprint density at radius 1 is 1.12 bits per heavy atom. The van der Waals surface area contributed by atoms with Crippen molar-refractivity contribution in [1.29, 1.82) is 0 Å². The predicted molar refractivity (Wildman–Crippen MR) is 122 cm³/mol. The maximum absolute atomic E-state index is 14.0. The van der Waals surface area contributed by atoms with Gasteiger partial charge in [-0.25, -0.2) is 14.7 Å². The Balaban J connectivity index is 1.78. The van der Waals surface area contributed by atoms with Gasteiger partial charge in [0.05, 0.1) is 5.69 Å². The van der Waals surface area contributed by atoms with Crippen molar-refractivity contribution < 1.29 is 29.0 Å². The molecular formula is C25H25FN2O5. The monoisotopic (exact) mass is 452 g/mol. The van der Waals surface area contributed by atoms with Crippen LogP contribution in [0.25, 0.3) is 10.8 Å². The summed E-state index contributed by atoms with van der Waals surface area (Å²) in [5, 5.41) is 22.6. The van der Waals surface area contributed by atoms with Crippen LogP contribution in [0.2, 0.25) is 0 Å². The molecule has 3 rings (SSSR count). The molecule has 0 saturated heterocycles. The van der Waals surface area contributed by atoms with E-state index >= 15 is 0 Å². The van der Waals surface area contributed by atoms with Crippen LogP contribution in [0.15, 0.2) is 72.8 Å². The van der Waals surface area contributed by atoms with E-state index in [2.05, 4.69) is 5.32 Å². The third-order valence-corrected chi connectivity index (χ3v) is 5.25. The number of anilines is 1. The summed E-state index contributed by atoms with van der Waals surface area (Å²) in [6.07, 6.45) is 2.22. The second-order valence-electron chi connectivity index (χ2n) is 7.62. The Hall–Kier alpha value is -3.91. The minimum Gasteiger partial charge on any atom is -0.505 e. The van der Waals surface area contributed by atoms with Gasteiger partial charge >= 0.3 is 6.09 Å². The van der Waals surface area contributed by atoms with Crippen LogP contribution in [0.4, 0.5) is 14.9 Å². The number of rotatable bonds is 8. The maximum Gasteiger partial charge on any atom is 0.412 e. The lowest BCUT2D eigenvalue weighted by Crippen LogP contribution is -2.22. The third-order valence-electron chi connectivity index (χ3n) is 5.25. The van der Waals surface area contributed by atoms with Crippen molar-refractivity contribution in [3.05, 3.63) is 84.2 Å². The quantitative estimate of drug-likeness (QED) is 0.206. The largest absolute Gasteiger partial charge is 0.505 e. The highest BCUT2D eigenvalue weighted by Crippen LogP contribution is 2.32. The molecule has 0 aliphatic carbocycles. The molecule has 0 saturated carbocycles. The van der Waals surface area contributed by atoms with Crippen LogP contribution < -0.4 is 10.8 Å². The first kappa shape index (κ1) is 23.7. The number of nitrogens with one attached hydrogen (secondary N) is 2. The van der Waals surface area contributed by atoms with E-state index in [9.17, 15) is 19.1 Å². The van der Waals surface area contributed by atoms with Gasteiger partial charge in [0.15, 0.2) is 11.6 Å². The van der Waals surface area contributed by atoms with Gasteiger partial charge in [-0.1, -0.05) is 55.5 Å². The fourth-order valence-electron chi connectivity index (χ4n) is 3.54. The molecule has 0 heterocycles. The number of aromatic hydroxyl groups is 1. The molecule has 8 heteroatoms. The summed E-state index contributed by atoms with van der Waals surface area (Å²) in [6, 6.07) is 16.9. The zero-order chi connectivity index (χ0) is 23.8. The number of hydroxylamine groups is 1. The molecule has 33 heavy (non-hydrogen) atoms. The minimum atomic E-state index is -0.817. The maximum atomic E-state index is 14.0. The number of hydrogen-bond donors (Lipinski definition) is 4. The van der Waals surface area contributed by atoms with Crippen molar-refractivity contribution in [3.63, 3.8) is 0 Å². The van der Waals surface area contributed by atoms with Gasteiger partial charge in [0, 0.05) is 11.5 Å². The van der Waals surface area contributed by atoms with Crippen molar-refractivity contribution >= 4 is 28.5 Å². The lowest BCUT2D eigenvalue weighted by atomic mass is 9.93. The average Bonchev–Trinajstić information content (AvgIpc) is 2.82. The van der Waals surface area contributed by atoms with Crippen molar-refractivity contribution in [3.8, 4) is 5.75 Å². The van der Waals surface area contributed by atoms with Crippen LogP contribution >= 0.6 is 0 Å². The van der Waals surface area contributed by atoms with Crippen LogP contribution in [0.3, 0.4) is 0 Å². The van der Waals surface area contributed by atoms with E-state index in [1.807, 2.05) is 43.3 Å². The molecule has 172 valence electrons. The van der Waals surface area contributed by atoms with Crippen molar-refractivity contribution in [1.82, 2.24) is 5.48 Å². The number of allylic oxidation sites excluding steroid dienone is 1. The number of ether oxygens (including phenoxy) is 1. The van der Waals surface area contributed by atoms with Gasteiger partial charge in [-0.3, -0.25) is 15.3 Å². The Morgan fingerprint density at radius 3 is 2.64 bits per heavy atom. The number of hydrogen-bond acceptors (Lipinski definition) is 5. The number of fused-ring (bicyclic) bond motifs is 1. The number of amides is 2. The zero-order valence-corrected chi connectivity index (χ0v) is 18.0. The second kappa shape index (κ2) is 11.1. The van der Waals surface area contributed by atoms with E-state index in [1.54, 1.807) is 12.1 Å². The normalized spacial score (nSPS) is 12.9. The Bertz CT molecular complexity index is 1160. The highest BCUT2D eigenvalue weighted by atomic mass is 19.1. The van der Waals surface area contributed by atoms with Crippen molar-refractivity contribution in [2.24, 2.45) is 5.92 Å². The number of phenols is 1. The molecular weight excluding hydrogens is 427 g/mol. The molecule has 3 aromatic rings. The first-order chi connectivity index (χ1) is 15.9. The summed E-state index contributed by atoms with van der Waals surface area (Å²) >= 11 is 0. The molecule has 0 aliphatic rings. The average molecular weight is 452 g/mol. The molecule has 0 aliphatic heterocycles. The molecule has 0 bridgehead atoms. The summed E-state index contributed by atoms with van der Waals surface area (Å²) in [4.78, 5) is 23.9. The molecule has 0 radical (unpaired) electrons. The zero-order valence-electron chi connectivity index (χ0n) is 18.0. The molecule has 0 fully saturated rings. The number of carbonyl (C=O) groups is 2. The second-order valence-corrected chi connectivity index (χ2v) is 7.62. The molecule has 2 atom stereocenters. The van der Waals surface area contributed by atoms with E-state index in [-0.39, 0.29) is 5.92 Å². The van der Waals surface area contributed by atoms with Gasteiger partial charge in [-0.15, -0.1) is 0 Å². The Labute approximate surface area is 190 Å². The van der Waals surface area contributed by atoms with Crippen LogP contribution in [0.1, 0.15) is 31.4 Å². The summed E-state index contributed by atoms with van der Waals surface area (Å²) in [5.74, 6) is -2.22. The van der Waals surface area contributed by atoms with E-state index in [0.717, 1.165) is 16.8 Å². The molecule has 2 amide bonds. The third kappa shape index (κ3) is 6.30. The summed E-state index contributed by atoms with van der Waals surface area (Å²) < 4.78 is 19.7. The van der Waals surface area contributed by atoms with Gasteiger partial charge in [0.2, 0.25) is 0 Å². The fourth-order valence-corrected chi connectivity index (χ4v) is 3.54. The molecule has 0 aromatic heterocycles. The van der Waals surface area contributed by atoms with Gasteiger partial charge in [0.25, 0.3) is 5.91 Å². The molecule has 0 spiro atoms. The van der Waals surface area contributed by atoms with Crippen LogP contribution in [0, 0.1) is 11.7 Å². The Kier molecular flexibility index (Phi) is 7.99. The number of phenolic OH excluding ortho intramolecular Hbond substituents is 1. The van der Waals surface area contributed by atoms with E-state index in [4.69, 9.17) is 9.94 Å². The summed E-state index contributed by atoms with van der Waals surface area (Å²) in [5.41, 5.74) is 2.48. The van der Waals surface area contributed by atoms with E-state index in [1.165, 1.54) is 23.7 Å². The highest BCUT2D eigenvalue weighted by molar-refractivity contribution is 6.00. The van der Waals surface area contributed by atoms with Gasteiger partial charge in [-0.2, -0.15) is 0 Å². The van der Waals surface area contributed by atoms with Crippen LogP contribution in [0.5, 0.6) is 5.75 Å².